The number of rotatable bonds is 6. The molecule has 0 saturated heterocycles. The van der Waals surface area contributed by atoms with Crippen LogP contribution in [-0.2, 0) is 10.2 Å². The number of nitrogens with two attached hydrogens (primary N) is 1. The number of nitrogens with zero attached hydrogens (tertiary/aromatic N) is 3. The first-order chi connectivity index (χ1) is 14.2. The van der Waals surface area contributed by atoms with Crippen LogP contribution in [0.3, 0.4) is 0 Å². The molecule has 6 nitrogen and oxygen atoms in total. The first-order valence-corrected chi connectivity index (χ1v) is 10.9. The highest BCUT2D eigenvalue weighted by atomic mass is 32.2. The van der Waals surface area contributed by atoms with E-state index < -0.39 is 0 Å². The highest BCUT2D eigenvalue weighted by Gasteiger charge is 2.22. The van der Waals surface area contributed by atoms with Crippen LogP contribution in [0.4, 0.5) is 0 Å². The smallest absolute Gasteiger partial charge is 0.233 e. The van der Waals surface area contributed by atoms with E-state index in [0.29, 0.717) is 11.0 Å². The molecule has 0 aliphatic carbocycles. The number of thioether (sulfide) groups is 1. The molecule has 158 valence electrons. The summed E-state index contributed by atoms with van der Waals surface area (Å²) in [6, 6.07) is 18.0. The standard InChI is InChI=1S/C23H29N5OS/c1-15(17-9-7-6-8-10-17)25-21(29)16(2)30-22-27-26-20(28(22)24)18-11-13-19(14-12-18)23(3,4)5/h6-16H,24H2,1-5H3,(H,25,29). The lowest BCUT2D eigenvalue weighted by molar-refractivity contribution is -0.120. The van der Waals surface area contributed by atoms with Gasteiger partial charge in [-0.05, 0) is 30.4 Å². The average molecular weight is 424 g/mol. The van der Waals surface area contributed by atoms with Crippen LogP contribution in [0.1, 0.15) is 51.8 Å². The number of hydrogen-bond acceptors (Lipinski definition) is 5. The quantitative estimate of drug-likeness (QED) is 0.456. The summed E-state index contributed by atoms with van der Waals surface area (Å²) < 4.78 is 1.45. The van der Waals surface area contributed by atoms with E-state index in [1.807, 2.05) is 56.3 Å². The molecule has 0 fully saturated rings. The van der Waals surface area contributed by atoms with Crippen LogP contribution in [-0.4, -0.2) is 26.0 Å². The van der Waals surface area contributed by atoms with E-state index in [4.69, 9.17) is 5.84 Å². The average Bonchev–Trinajstić information content (AvgIpc) is 3.08. The Morgan fingerprint density at radius 2 is 1.67 bits per heavy atom. The fraction of sp³-hybridized carbons (Fsp3) is 0.348. The Hall–Kier alpha value is -2.80. The number of benzene rings is 2. The van der Waals surface area contributed by atoms with Gasteiger partial charge in [0, 0.05) is 5.56 Å². The molecule has 0 radical (unpaired) electrons. The van der Waals surface area contributed by atoms with Crippen LogP contribution >= 0.6 is 11.8 Å². The minimum absolute atomic E-state index is 0.0737. The van der Waals surface area contributed by atoms with Crippen LogP contribution in [0, 0.1) is 0 Å². The normalized spacial score (nSPS) is 13.6. The van der Waals surface area contributed by atoms with E-state index in [-0.39, 0.29) is 22.6 Å². The van der Waals surface area contributed by atoms with Crippen molar-refractivity contribution in [1.82, 2.24) is 20.2 Å². The zero-order valence-corrected chi connectivity index (χ0v) is 18.9. The maximum absolute atomic E-state index is 12.6. The number of carbonyl (C=O) groups is 1. The predicted octanol–water partition coefficient (Wildman–Crippen LogP) is 4.31. The van der Waals surface area contributed by atoms with Crippen LogP contribution in [0.15, 0.2) is 59.8 Å². The summed E-state index contributed by atoms with van der Waals surface area (Å²) in [7, 11) is 0. The molecule has 7 heteroatoms. The first-order valence-electron chi connectivity index (χ1n) is 10.00. The summed E-state index contributed by atoms with van der Waals surface area (Å²) in [4.78, 5) is 12.6. The molecule has 0 aliphatic heterocycles. The molecule has 0 bridgehead atoms. The fourth-order valence-electron chi connectivity index (χ4n) is 3.04. The summed E-state index contributed by atoms with van der Waals surface area (Å²) in [6.45, 7) is 10.3. The molecule has 0 saturated carbocycles. The Balaban J connectivity index is 1.67. The fourth-order valence-corrected chi connectivity index (χ4v) is 3.82. The second kappa shape index (κ2) is 8.92. The SMILES string of the molecule is CC(Sc1nnc(-c2ccc(C(C)(C)C)cc2)n1N)C(=O)NC(C)c1ccccc1. The van der Waals surface area contributed by atoms with Crippen molar-refractivity contribution in [2.45, 2.75) is 56.5 Å². The Morgan fingerprint density at radius 1 is 1.03 bits per heavy atom. The van der Waals surface area contributed by atoms with Crippen molar-refractivity contribution in [1.29, 1.82) is 0 Å². The number of carbonyl (C=O) groups excluding carboxylic acids is 1. The van der Waals surface area contributed by atoms with Crippen molar-refractivity contribution >= 4 is 17.7 Å². The number of nitrogen functional groups attached to an aromatic ring is 1. The lowest BCUT2D eigenvalue weighted by atomic mass is 9.87. The summed E-state index contributed by atoms with van der Waals surface area (Å²) in [5, 5.41) is 11.6. The van der Waals surface area contributed by atoms with Gasteiger partial charge in [0.15, 0.2) is 5.82 Å². The third-order valence-corrected chi connectivity index (χ3v) is 6.04. The first kappa shape index (κ1) is 21.9. The summed E-state index contributed by atoms with van der Waals surface area (Å²) >= 11 is 1.29. The summed E-state index contributed by atoms with van der Waals surface area (Å²) in [5.41, 5.74) is 3.27. The molecule has 3 N–H and O–H groups in total. The van der Waals surface area contributed by atoms with Gasteiger partial charge >= 0.3 is 0 Å². The molecular formula is C23H29N5OS. The topological polar surface area (TPSA) is 85.8 Å². The molecule has 1 amide bonds. The van der Waals surface area contributed by atoms with Crippen molar-refractivity contribution in [3.05, 3.63) is 65.7 Å². The molecule has 2 unspecified atom stereocenters. The molecule has 2 atom stereocenters. The second-order valence-corrected chi connectivity index (χ2v) is 9.71. The number of aromatic nitrogens is 3. The highest BCUT2D eigenvalue weighted by molar-refractivity contribution is 8.00. The van der Waals surface area contributed by atoms with Gasteiger partial charge in [-0.2, -0.15) is 0 Å². The highest BCUT2D eigenvalue weighted by Crippen LogP contribution is 2.28. The van der Waals surface area contributed by atoms with E-state index in [9.17, 15) is 4.79 Å². The van der Waals surface area contributed by atoms with E-state index in [1.54, 1.807) is 0 Å². The van der Waals surface area contributed by atoms with Crippen LogP contribution < -0.4 is 11.2 Å². The van der Waals surface area contributed by atoms with E-state index in [0.717, 1.165) is 11.1 Å². The van der Waals surface area contributed by atoms with E-state index in [1.165, 1.54) is 22.0 Å². The minimum atomic E-state index is -0.362. The van der Waals surface area contributed by atoms with Crippen LogP contribution in [0.25, 0.3) is 11.4 Å². The molecule has 1 aromatic heterocycles. The maximum Gasteiger partial charge on any atom is 0.233 e. The van der Waals surface area contributed by atoms with Gasteiger partial charge in [0.2, 0.25) is 11.1 Å². The van der Waals surface area contributed by atoms with Crippen LogP contribution in [0.5, 0.6) is 0 Å². The third kappa shape index (κ3) is 5.02. The largest absolute Gasteiger partial charge is 0.349 e. The van der Waals surface area contributed by atoms with Gasteiger partial charge in [0.05, 0.1) is 11.3 Å². The maximum atomic E-state index is 12.6. The molecule has 2 aromatic carbocycles. The third-order valence-electron chi connectivity index (χ3n) is 4.98. The molecule has 1 heterocycles. The number of amides is 1. The van der Waals surface area contributed by atoms with Crippen molar-refractivity contribution < 1.29 is 4.79 Å². The van der Waals surface area contributed by atoms with Crippen molar-refractivity contribution in [3.63, 3.8) is 0 Å². The summed E-state index contributed by atoms with van der Waals surface area (Å²) in [6.07, 6.45) is 0. The Bertz CT molecular complexity index is 993. The van der Waals surface area contributed by atoms with Gasteiger partial charge in [0.1, 0.15) is 0 Å². The second-order valence-electron chi connectivity index (χ2n) is 8.40. The predicted molar refractivity (Wildman–Crippen MR) is 123 cm³/mol. The van der Waals surface area contributed by atoms with Gasteiger partial charge in [-0.1, -0.05) is 87.1 Å². The van der Waals surface area contributed by atoms with Crippen LogP contribution in [0.2, 0.25) is 0 Å². The number of nitrogens with one attached hydrogen (secondary N) is 1. The Morgan fingerprint density at radius 3 is 2.27 bits per heavy atom. The Kier molecular flexibility index (Phi) is 6.51. The number of hydrogen-bond donors (Lipinski definition) is 2. The van der Waals surface area contributed by atoms with Gasteiger partial charge < -0.3 is 11.2 Å². The van der Waals surface area contributed by atoms with Gasteiger partial charge in [-0.3, -0.25) is 4.79 Å². The summed E-state index contributed by atoms with van der Waals surface area (Å²) in [5.74, 6) is 6.74. The zero-order chi connectivity index (χ0) is 21.9. The molecular weight excluding hydrogens is 394 g/mol. The minimum Gasteiger partial charge on any atom is -0.349 e. The van der Waals surface area contributed by atoms with Crippen molar-refractivity contribution in [3.8, 4) is 11.4 Å². The lowest BCUT2D eigenvalue weighted by Gasteiger charge is -2.19. The van der Waals surface area contributed by atoms with Gasteiger partial charge in [-0.15, -0.1) is 10.2 Å². The van der Waals surface area contributed by atoms with Gasteiger partial charge in [0.25, 0.3) is 0 Å². The van der Waals surface area contributed by atoms with Crippen molar-refractivity contribution in [2.24, 2.45) is 0 Å². The molecule has 0 aliphatic rings. The molecule has 30 heavy (non-hydrogen) atoms. The van der Waals surface area contributed by atoms with Crippen molar-refractivity contribution in [2.75, 3.05) is 5.84 Å². The Labute approximate surface area is 182 Å². The van der Waals surface area contributed by atoms with E-state index >= 15 is 0 Å². The molecule has 3 rings (SSSR count). The van der Waals surface area contributed by atoms with E-state index in [2.05, 4.69) is 48.4 Å². The molecule has 0 spiro atoms. The zero-order valence-electron chi connectivity index (χ0n) is 18.1. The molecule has 3 aromatic rings. The monoisotopic (exact) mass is 423 g/mol. The lowest BCUT2D eigenvalue weighted by Crippen LogP contribution is -2.33. The van der Waals surface area contributed by atoms with Gasteiger partial charge in [-0.25, -0.2) is 4.68 Å².